The maximum absolute atomic E-state index is 13.1. The second kappa shape index (κ2) is 12.4. The minimum Gasteiger partial charge on any atom is -0.493 e. The van der Waals surface area contributed by atoms with Crippen molar-refractivity contribution in [3.8, 4) is 5.75 Å². The number of nitrogens with one attached hydrogen (secondary N) is 4. The van der Waals surface area contributed by atoms with Gasteiger partial charge in [0.15, 0.2) is 0 Å². The van der Waals surface area contributed by atoms with Crippen LogP contribution in [0.1, 0.15) is 43.5 Å². The van der Waals surface area contributed by atoms with Gasteiger partial charge < -0.3 is 26.4 Å². The molecule has 1 aromatic rings. The molecule has 36 heavy (non-hydrogen) atoms. The number of carbonyl (C=O) groups is 5. The summed E-state index contributed by atoms with van der Waals surface area (Å²) < 4.78 is 5.61. The van der Waals surface area contributed by atoms with Crippen LogP contribution in [0.4, 0.5) is 5.69 Å². The van der Waals surface area contributed by atoms with Crippen LogP contribution in [-0.2, 0) is 19.2 Å². The van der Waals surface area contributed by atoms with Crippen molar-refractivity contribution >= 4 is 35.2 Å². The van der Waals surface area contributed by atoms with E-state index in [9.17, 15) is 34.1 Å². The number of fused-ring (bicyclic) bond motifs is 1. The topological polar surface area (TPSA) is 238 Å². The van der Waals surface area contributed by atoms with Crippen molar-refractivity contribution in [2.24, 2.45) is 17.5 Å². The smallest absolute Gasteiger partial charge is 0.270 e. The summed E-state index contributed by atoms with van der Waals surface area (Å²) in [4.78, 5) is 73.5. The number of nitro groups is 1. The molecule has 4 atom stereocenters. The lowest BCUT2D eigenvalue weighted by atomic mass is 9.97. The molecule has 5 amide bonds. The Morgan fingerprint density at radius 3 is 2.50 bits per heavy atom. The maximum Gasteiger partial charge on any atom is 0.270 e. The third-order valence-electron chi connectivity index (χ3n) is 5.68. The molecule has 0 fully saturated rings. The van der Waals surface area contributed by atoms with Gasteiger partial charge in [0.05, 0.1) is 23.5 Å². The first-order valence-corrected chi connectivity index (χ1v) is 11.1. The number of primary amides is 1. The number of non-ortho nitro benzene ring substituents is 1. The second-order valence-corrected chi connectivity index (χ2v) is 8.21. The van der Waals surface area contributed by atoms with E-state index in [0.29, 0.717) is 6.42 Å². The summed E-state index contributed by atoms with van der Waals surface area (Å²) in [5, 5.41) is 18.6. The molecule has 1 heterocycles. The summed E-state index contributed by atoms with van der Waals surface area (Å²) in [5.74, 6) is 0.515. The number of nitrogens with two attached hydrogens (primary N) is 2. The number of carbonyl (C=O) groups excluding carboxylic acids is 5. The lowest BCUT2D eigenvalue weighted by molar-refractivity contribution is -0.384. The van der Waals surface area contributed by atoms with E-state index < -0.39 is 64.9 Å². The quantitative estimate of drug-likeness (QED) is 0.112. The molecule has 0 bridgehead atoms. The Labute approximate surface area is 205 Å². The zero-order valence-electron chi connectivity index (χ0n) is 19.7. The first-order chi connectivity index (χ1) is 17.0. The Hall–Kier alpha value is -4.27. The molecule has 15 nitrogen and oxygen atoms in total. The lowest BCUT2D eigenvalue weighted by Gasteiger charge is -2.28. The van der Waals surface area contributed by atoms with Crippen molar-refractivity contribution in [1.29, 1.82) is 0 Å². The molecule has 0 aromatic heterocycles. The Morgan fingerprint density at radius 1 is 1.22 bits per heavy atom. The van der Waals surface area contributed by atoms with Crippen LogP contribution in [0.5, 0.6) is 5.75 Å². The van der Waals surface area contributed by atoms with Gasteiger partial charge in [-0.3, -0.25) is 39.5 Å². The third kappa shape index (κ3) is 7.11. The van der Waals surface area contributed by atoms with Gasteiger partial charge in [0, 0.05) is 18.6 Å². The fraction of sp³-hybridized carbons (Fsp3) is 0.476. The molecule has 2 unspecified atom stereocenters. The number of ether oxygens (including phenoxy) is 1. The van der Waals surface area contributed by atoms with Crippen LogP contribution >= 0.6 is 0 Å². The largest absolute Gasteiger partial charge is 0.493 e. The van der Waals surface area contributed by atoms with E-state index in [2.05, 4.69) is 16.0 Å². The normalized spacial score (nSPS) is 21.9. The molecular weight excluding hydrogens is 478 g/mol. The Bertz CT molecular complexity index is 1050. The molecule has 196 valence electrons. The molecule has 0 saturated carbocycles. The maximum atomic E-state index is 13.1. The van der Waals surface area contributed by atoms with Gasteiger partial charge in [-0.1, -0.05) is 20.3 Å². The summed E-state index contributed by atoms with van der Waals surface area (Å²) in [6.45, 7) is 3.22. The molecule has 1 aromatic carbocycles. The molecule has 0 saturated heterocycles. The molecule has 15 heteroatoms. The number of nitrogens with zero attached hydrogens (tertiary/aromatic N) is 1. The van der Waals surface area contributed by atoms with Gasteiger partial charge >= 0.3 is 0 Å². The average molecular weight is 508 g/mol. The highest BCUT2D eigenvalue weighted by Crippen LogP contribution is 2.25. The van der Waals surface area contributed by atoms with Gasteiger partial charge in [-0.25, -0.2) is 5.84 Å². The van der Waals surface area contributed by atoms with Crippen LogP contribution in [0.15, 0.2) is 18.2 Å². The number of amides is 5. The number of nitro benzene ring substituents is 1. The highest BCUT2D eigenvalue weighted by atomic mass is 16.6. The summed E-state index contributed by atoms with van der Waals surface area (Å²) in [7, 11) is 0. The van der Waals surface area contributed by atoms with Gasteiger partial charge in [0.1, 0.15) is 23.9 Å². The molecule has 1 aliphatic heterocycles. The first kappa shape index (κ1) is 28.0. The number of hydrazine groups is 1. The van der Waals surface area contributed by atoms with E-state index in [0.717, 1.165) is 12.1 Å². The van der Waals surface area contributed by atoms with Gasteiger partial charge in [-0.15, -0.1) is 0 Å². The van der Waals surface area contributed by atoms with E-state index in [-0.39, 0.29) is 30.0 Å². The SMILES string of the molecule is CCC(C)[C@@H]1NC(=O)c2cc([N+](=O)[O-])ccc2OCCC(C(=O)NN)NC(=O)[C@H](CC(N)=O)NC1=O. The predicted molar refractivity (Wildman–Crippen MR) is 124 cm³/mol. The fourth-order valence-electron chi connectivity index (χ4n) is 3.46. The van der Waals surface area contributed by atoms with Crippen LogP contribution in [0.3, 0.4) is 0 Å². The number of hydrogen-bond donors (Lipinski definition) is 6. The molecule has 0 radical (unpaired) electrons. The van der Waals surface area contributed by atoms with E-state index >= 15 is 0 Å². The lowest BCUT2D eigenvalue weighted by Crippen LogP contribution is -2.59. The van der Waals surface area contributed by atoms with Gasteiger partial charge in [-0.05, 0) is 12.0 Å². The number of rotatable bonds is 6. The van der Waals surface area contributed by atoms with Crippen molar-refractivity contribution in [2.75, 3.05) is 6.61 Å². The van der Waals surface area contributed by atoms with Crippen molar-refractivity contribution < 1.29 is 33.6 Å². The van der Waals surface area contributed by atoms with Crippen molar-refractivity contribution in [3.05, 3.63) is 33.9 Å². The van der Waals surface area contributed by atoms with Crippen molar-refractivity contribution in [3.63, 3.8) is 0 Å². The zero-order chi connectivity index (χ0) is 27.0. The molecule has 0 aliphatic carbocycles. The Balaban J connectivity index is 2.56. The van der Waals surface area contributed by atoms with Gasteiger partial charge in [0.2, 0.25) is 17.7 Å². The van der Waals surface area contributed by atoms with Gasteiger partial charge in [-0.2, -0.15) is 0 Å². The van der Waals surface area contributed by atoms with E-state index in [1.165, 1.54) is 6.07 Å². The van der Waals surface area contributed by atoms with Crippen LogP contribution in [0.25, 0.3) is 0 Å². The first-order valence-electron chi connectivity index (χ1n) is 11.1. The molecule has 1 aliphatic rings. The highest BCUT2D eigenvalue weighted by Gasteiger charge is 2.33. The molecule has 8 N–H and O–H groups in total. The molecular formula is C21H29N7O8. The fourth-order valence-corrected chi connectivity index (χ4v) is 3.46. The summed E-state index contributed by atoms with van der Waals surface area (Å²) >= 11 is 0. The minimum atomic E-state index is -1.45. The number of hydrogen-bond acceptors (Lipinski definition) is 9. The van der Waals surface area contributed by atoms with Gasteiger partial charge in [0.25, 0.3) is 17.5 Å². The molecule has 0 spiro atoms. The second-order valence-electron chi connectivity index (χ2n) is 8.21. The summed E-state index contributed by atoms with van der Waals surface area (Å²) in [6.07, 6.45) is -0.289. The Morgan fingerprint density at radius 2 is 1.92 bits per heavy atom. The minimum absolute atomic E-state index is 0.0386. The summed E-state index contributed by atoms with van der Waals surface area (Å²) in [5.41, 5.74) is 6.55. The van der Waals surface area contributed by atoms with Crippen molar-refractivity contribution in [1.82, 2.24) is 21.4 Å². The van der Waals surface area contributed by atoms with Crippen LogP contribution in [0.2, 0.25) is 0 Å². The monoisotopic (exact) mass is 507 g/mol. The van der Waals surface area contributed by atoms with E-state index in [4.69, 9.17) is 16.3 Å². The van der Waals surface area contributed by atoms with E-state index in [1.807, 2.05) is 5.43 Å². The Kier molecular flexibility index (Phi) is 9.66. The van der Waals surface area contributed by atoms with Crippen LogP contribution in [-0.4, -0.2) is 59.2 Å². The average Bonchev–Trinajstić information content (AvgIpc) is 2.84. The zero-order valence-corrected chi connectivity index (χ0v) is 19.7. The number of benzene rings is 1. The summed E-state index contributed by atoms with van der Waals surface area (Å²) in [6, 6.07) is -0.527. The third-order valence-corrected chi connectivity index (χ3v) is 5.68. The standard InChI is InChI=1S/C21H29N7O8/c1-3-10(2)17-21(33)25-14(9-16(22)29)19(31)24-13(20(32)27-23)6-7-36-15-5-4-11(28(34)35)8-12(15)18(30)26-17/h4-5,8,10,13-14,17H,3,6-7,9,23H2,1-2H3,(H2,22,29)(H,24,31)(H,25,33)(H,26,30)(H,27,32)/t10?,13?,14-,17-/m0/s1. The highest BCUT2D eigenvalue weighted by molar-refractivity contribution is 6.01. The van der Waals surface area contributed by atoms with Crippen molar-refractivity contribution in [2.45, 2.75) is 51.2 Å². The van der Waals surface area contributed by atoms with Crippen LogP contribution in [0, 0.1) is 16.0 Å². The van der Waals surface area contributed by atoms with Crippen LogP contribution < -0.4 is 37.7 Å². The molecule has 2 rings (SSSR count). The van der Waals surface area contributed by atoms with E-state index in [1.54, 1.807) is 13.8 Å². The predicted octanol–water partition coefficient (Wildman–Crippen LogP) is -1.64.